The number of anilines is 1. The van der Waals surface area contributed by atoms with Crippen LogP contribution in [0.15, 0.2) is 24.3 Å². The van der Waals surface area contributed by atoms with Crippen molar-refractivity contribution < 1.29 is 19.1 Å². The van der Waals surface area contributed by atoms with Crippen molar-refractivity contribution in [3.63, 3.8) is 0 Å². The van der Waals surface area contributed by atoms with Gasteiger partial charge in [0.15, 0.2) is 5.13 Å². The van der Waals surface area contributed by atoms with Crippen LogP contribution in [0.2, 0.25) is 0 Å². The van der Waals surface area contributed by atoms with Crippen LogP contribution in [0.5, 0.6) is 0 Å². The number of carbonyl (C=O) groups excluding carboxylic acids is 1. The molecule has 26 heavy (non-hydrogen) atoms. The number of hydrogen-bond donors (Lipinski definition) is 2. The van der Waals surface area contributed by atoms with Crippen LogP contribution in [0.3, 0.4) is 0 Å². The highest BCUT2D eigenvalue weighted by Gasteiger charge is 2.36. The SMILES string of the molecule is N#Cc1sc(NC(=O)[C@@H]2CCCC[C@H]2C(=O)O)nc1-c1ccc(F)cc1. The Bertz CT molecular complexity index is 873. The maximum atomic E-state index is 13.1. The summed E-state index contributed by atoms with van der Waals surface area (Å²) in [4.78, 5) is 28.5. The van der Waals surface area contributed by atoms with E-state index in [2.05, 4.69) is 10.3 Å². The van der Waals surface area contributed by atoms with Crippen LogP contribution in [0, 0.1) is 29.0 Å². The number of aromatic nitrogens is 1. The molecule has 0 bridgehead atoms. The maximum Gasteiger partial charge on any atom is 0.307 e. The number of carboxylic acids is 1. The molecule has 0 aliphatic heterocycles. The molecular weight excluding hydrogens is 357 g/mol. The second-order valence-corrected chi connectivity index (χ2v) is 7.14. The number of thiazole rings is 1. The molecule has 1 aliphatic rings. The van der Waals surface area contributed by atoms with Crippen molar-refractivity contribution in [3.05, 3.63) is 35.0 Å². The van der Waals surface area contributed by atoms with Crippen molar-refractivity contribution in [2.45, 2.75) is 25.7 Å². The molecule has 1 heterocycles. The molecule has 2 N–H and O–H groups in total. The molecule has 6 nitrogen and oxygen atoms in total. The lowest BCUT2D eigenvalue weighted by atomic mass is 9.79. The van der Waals surface area contributed by atoms with Gasteiger partial charge in [0.05, 0.1) is 11.8 Å². The average molecular weight is 373 g/mol. The molecule has 2 atom stereocenters. The van der Waals surface area contributed by atoms with E-state index >= 15 is 0 Å². The summed E-state index contributed by atoms with van der Waals surface area (Å²) in [6.07, 6.45) is 2.61. The summed E-state index contributed by atoms with van der Waals surface area (Å²) in [6.45, 7) is 0. The number of carbonyl (C=O) groups is 2. The van der Waals surface area contributed by atoms with E-state index in [-0.39, 0.29) is 11.0 Å². The van der Waals surface area contributed by atoms with Crippen LogP contribution in [-0.4, -0.2) is 22.0 Å². The van der Waals surface area contributed by atoms with E-state index in [1.54, 1.807) is 0 Å². The molecule has 2 aromatic rings. The Labute approximate surface area is 153 Å². The van der Waals surface area contributed by atoms with Gasteiger partial charge >= 0.3 is 5.97 Å². The van der Waals surface area contributed by atoms with Crippen molar-refractivity contribution in [2.75, 3.05) is 5.32 Å². The van der Waals surface area contributed by atoms with Crippen molar-refractivity contribution >= 4 is 28.3 Å². The number of amides is 1. The van der Waals surface area contributed by atoms with Gasteiger partial charge in [-0.1, -0.05) is 24.2 Å². The van der Waals surface area contributed by atoms with E-state index in [4.69, 9.17) is 0 Å². The zero-order valence-corrected chi connectivity index (χ0v) is 14.6. The van der Waals surface area contributed by atoms with Crippen molar-refractivity contribution in [3.8, 4) is 17.3 Å². The number of hydrogen-bond acceptors (Lipinski definition) is 5. The molecule has 0 unspecified atom stereocenters. The molecule has 1 aromatic heterocycles. The molecule has 3 rings (SSSR count). The predicted octanol–water partition coefficient (Wildman–Crippen LogP) is 3.65. The summed E-state index contributed by atoms with van der Waals surface area (Å²) in [5.41, 5.74) is 0.937. The quantitative estimate of drug-likeness (QED) is 0.851. The van der Waals surface area contributed by atoms with E-state index in [0.29, 0.717) is 29.0 Å². The van der Waals surface area contributed by atoms with Crippen LogP contribution < -0.4 is 5.32 Å². The molecule has 1 fully saturated rings. The Morgan fingerprint density at radius 1 is 1.23 bits per heavy atom. The van der Waals surface area contributed by atoms with Crippen molar-refractivity contribution in [1.82, 2.24) is 4.98 Å². The highest BCUT2D eigenvalue weighted by Crippen LogP contribution is 2.34. The Kier molecular flexibility index (Phi) is 5.28. The van der Waals surface area contributed by atoms with Crippen molar-refractivity contribution in [2.24, 2.45) is 11.8 Å². The van der Waals surface area contributed by atoms with Gasteiger partial charge in [0, 0.05) is 5.56 Å². The second kappa shape index (κ2) is 7.62. The van der Waals surface area contributed by atoms with Crippen LogP contribution in [0.25, 0.3) is 11.3 Å². The summed E-state index contributed by atoms with van der Waals surface area (Å²) in [6, 6.07) is 7.59. The zero-order valence-electron chi connectivity index (χ0n) is 13.7. The van der Waals surface area contributed by atoms with Gasteiger partial charge in [-0.25, -0.2) is 9.37 Å². The summed E-state index contributed by atoms with van der Waals surface area (Å²) >= 11 is 1.02. The normalized spacial score (nSPS) is 19.5. The number of rotatable bonds is 4. The fourth-order valence-corrected chi connectivity index (χ4v) is 3.98. The molecule has 1 aromatic carbocycles. The highest BCUT2D eigenvalue weighted by molar-refractivity contribution is 7.16. The van der Waals surface area contributed by atoms with Gasteiger partial charge in [-0.05, 0) is 37.1 Å². The summed E-state index contributed by atoms with van der Waals surface area (Å²) in [7, 11) is 0. The number of benzene rings is 1. The van der Waals surface area contributed by atoms with Gasteiger partial charge < -0.3 is 10.4 Å². The molecular formula is C18H16FN3O3S. The largest absolute Gasteiger partial charge is 0.481 e. The van der Waals surface area contributed by atoms with Gasteiger partial charge in [0.1, 0.15) is 22.5 Å². The molecule has 1 aliphatic carbocycles. The lowest BCUT2D eigenvalue weighted by Gasteiger charge is -2.26. The van der Waals surface area contributed by atoms with E-state index in [9.17, 15) is 24.3 Å². The first kappa shape index (κ1) is 18.0. The van der Waals surface area contributed by atoms with Crippen LogP contribution in [0.1, 0.15) is 30.6 Å². The third kappa shape index (κ3) is 3.73. The predicted molar refractivity (Wildman–Crippen MR) is 93.9 cm³/mol. The van der Waals surface area contributed by atoms with Crippen LogP contribution in [0.4, 0.5) is 9.52 Å². The Morgan fingerprint density at radius 2 is 1.88 bits per heavy atom. The number of nitrogens with zero attached hydrogens (tertiary/aromatic N) is 2. The van der Waals surface area contributed by atoms with E-state index in [1.807, 2.05) is 6.07 Å². The number of nitriles is 1. The van der Waals surface area contributed by atoms with Gasteiger partial charge in [0.25, 0.3) is 0 Å². The molecule has 8 heteroatoms. The topological polar surface area (TPSA) is 103 Å². The Balaban J connectivity index is 1.82. The smallest absolute Gasteiger partial charge is 0.307 e. The lowest BCUT2D eigenvalue weighted by molar-refractivity contribution is -0.147. The number of aliphatic carboxylic acids is 1. The Morgan fingerprint density at radius 3 is 2.50 bits per heavy atom. The standard InChI is InChI=1S/C18H16FN3O3S/c19-11-7-5-10(6-8-11)15-14(9-20)26-18(21-15)22-16(23)12-3-1-2-4-13(12)17(24)25/h5-8,12-13H,1-4H2,(H,24,25)(H,21,22,23)/t12-,13-/m1/s1. The molecule has 0 saturated heterocycles. The third-order valence-electron chi connectivity index (χ3n) is 4.50. The minimum absolute atomic E-state index is 0.237. The second-order valence-electron chi connectivity index (χ2n) is 6.14. The number of halogens is 1. The van der Waals surface area contributed by atoms with Crippen LogP contribution in [-0.2, 0) is 9.59 Å². The van der Waals surface area contributed by atoms with E-state index in [1.165, 1.54) is 24.3 Å². The van der Waals surface area contributed by atoms with Gasteiger partial charge in [-0.2, -0.15) is 5.26 Å². The molecule has 1 saturated carbocycles. The number of nitrogens with one attached hydrogen (secondary N) is 1. The highest BCUT2D eigenvalue weighted by atomic mass is 32.1. The molecule has 0 radical (unpaired) electrons. The minimum Gasteiger partial charge on any atom is -0.481 e. The van der Waals surface area contributed by atoms with E-state index < -0.39 is 23.6 Å². The fourth-order valence-electron chi connectivity index (χ4n) is 3.19. The lowest BCUT2D eigenvalue weighted by Crippen LogP contribution is -2.36. The number of carboxylic acid groups (broad SMARTS) is 1. The van der Waals surface area contributed by atoms with Gasteiger partial charge in [-0.3, -0.25) is 9.59 Å². The van der Waals surface area contributed by atoms with Gasteiger partial charge in [-0.15, -0.1) is 0 Å². The monoisotopic (exact) mass is 373 g/mol. The molecule has 0 spiro atoms. The third-order valence-corrected chi connectivity index (χ3v) is 5.37. The zero-order chi connectivity index (χ0) is 18.7. The Hall–Kier alpha value is -2.79. The minimum atomic E-state index is -0.964. The van der Waals surface area contributed by atoms with Crippen molar-refractivity contribution in [1.29, 1.82) is 5.26 Å². The fraction of sp³-hybridized carbons (Fsp3) is 0.333. The molecule has 1 amide bonds. The summed E-state index contributed by atoms with van der Waals surface area (Å²) in [5.74, 6) is -3.05. The van der Waals surface area contributed by atoms with Crippen LogP contribution >= 0.6 is 11.3 Å². The average Bonchev–Trinajstić information content (AvgIpc) is 3.05. The first-order valence-corrected chi connectivity index (χ1v) is 9.01. The summed E-state index contributed by atoms with van der Waals surface area (Å²) in [5, 5.41) is 21.5. The molecule has 134 valence electrons. The first-order chi connectivity index (χ1) is 12.5. The first-order valence-electron chi connectivity index (χ1n) is 8.20. The summed E-state index contributed by atoms with van der Waals surface area (Å²) < 4.78 is 13.1. The van der Waals surface area contributed by atoms with Gasteiger partial charge in [0.2, 0.25) is 5.91 Å². The maximum absolute atomic E-state index is 13.1. The van der Waals surface area contributed by atoms with E-state index in [0.717, 1.165) is 24.2 Å².